The number of nitrogens with zero attached hydrogens (tertiary/aromatic N) is 2. The molecule has 0 bridgehead atoms. The molecule has 1 N–H and O–H groups in total. The van der Waals surface area contributed by atoms with Crippen molar-refractivity contribution >= 4 is 5.91 Å². The van der Waals surface area contributed by atoms with Crippen molar-refractivity contribution in [3.63, 3.8) is 0 Å². The van der Waals surface area contributed by atoms with E-state index in [0.717, 1.165) is 22.5 Å². The standard InChI is InChI=1S/C22H24FN3O2/c1-4-24-21(27)14-13-17-16(3)25-26(19-11-7-5-9-15(19)2)22(17)28-20-12-8-6-10-18(20)23/h5-12H,4,13-14H2,1-3H3,(H,24,27). The van der Waals surface area contributed by atoms with Gasteiger partial charge in [-0.15, -0.1) is 0 Å². The Morgan fingerprint density at radius 3 is 2.57 bits per heavy atom. The molecule has 0 spiro atoms. The van der Waals surface area contributed by atoms with Gasteiger partial charge in [-0.05, 0) is 51.0 Å². The third-order valence-corrected chi connectivity index (χ3v) is 4.50. The van der Waals surface area contributed by atoms with Crippen molar-refractivity contribution in [3.8, 4) is 17.3 Å². The largest absolute Gasteiger partial charge is 0.436 e. The molecule has 2 aromatic carbocycles. The Labute approximate surface area is 164 Å². The van der Waals surface area contributed by atoms with E-state index in [1.165, 1.54) is 6.07 Å². The van der Waals surface area contributed by atoms with Gasteiger partial charge in [0.2, 0.25) is 11.8 Å². The molecule has 1 heterocycles. The van der Waals surface area contributed by atoms with Crippen LogP contribution >= 0.6 is 0 Å². The Bertz CT molecular complexity index is 982. The maximum Gasteiger partial charge on any atom is 0.226 e. The van der Waals surface area contributed by atoms with E-state index in [1.807, 2.05) is 45.0 Å². The summed E-state index contributed by atoms with van der Waals surface area (Å²) in [7, 11) is 0. The number of carbonyl (C=O) groups excluding carboxylic acids is 1. The summed E-state index contributed by atoms with van der Waals surface area (Å²) >= 11 is 0. The molecule has 6 heteroatoms. The predicted octanol–water partition coefficient (Wildman–Crippen LogP) is 4.49. The summed E-state index contributed by atoms with van der Waals surface area (Å²) in [5.74, 6) is 0.0624. The molecule has 1 aromatic heterocycles. The van der Waals surface area contributed by atoms with E-state index in [2.05, 4.69) is 10.4 Å². The quantitative estimate of drug-likeness (QED) is 0.656. The lowest BCUT2D eigenvalue weighted by atomic mass is 10.1. The van der Waals surface area contributed by atoms with Crippen LogP contribution in [0.4, 0.5) is 4.39 Å². The second-order valence-electron chi connectivity index (χ2n) is 6.55. The SMILES string of the molecule is CCNC(=O)CCc1c(C)nn(-c2ccccc2C)c1Oc1ccccc1F. The lowest BCUT2D eigenvalue weighted by Gasteiger charge is -2.13. The van der Waals surface area contributed by atoms with Gasteiger partial charge in [0.05, 0.1) is 11.4 Å². The zero-order valence-electron chi connectivity index (χ0n) is 16.3. The Morgan fingerprint density at radius 1 is 1.14 bits per heavy atom. The van der Waals surface area contributed by atoms with Crippen LogP contribution in [0.3, 0.4) is 0 Å². The van der Waals surface area contributed by atoms with Crippen LogP contribution in [0.5, 0.6) is 11.6 Å². The molecule has 1 amide bonds. The van der Waals surface area contributed by atoms with Crippen molar-refractivity contribution in [1.29, 1.82) is 0 Å². The number of para-hydroxylation sites is 2. The van der Waals surface area contributed by atoms with Crippen LogP contribution in [0, 0.1) is 19.7 Å². The first kappa shape index (κ1) is 19.6. The zero-order chi connectivity index (χ0) is 20.1. The van der Waals surface area contributed by atoms with Crippen LogP contribution in [-0.4, -0.2) is 22.2 Å². The monoisotopic (exact) mass is 381 g/mol. The molecule has 0 aliphatic rings. The molecule has 3 aromatic rings. The summed E-state index contributed by atoms with van der Waals surface area (Å²) in [6, 6.07) is 14.0. The van der Waals surface area contributed by atoms with Crippen molar-refractivity contribution in [1.82, 2.24) is 15.1 Å². The minimum atomic E-state index is -0.452. The number of amides is 1. The minimum absolute atomic E-state index is 0.0395. The highest BCUT2D eigenvalue weighted by atomic mass is 19.1. The summed E-state index contributed by atoms with van der Waals surface area (Å²) in [6.45, 7) is 6.31. The summed E-state index contributed by atoms with van der Waals surface area (Å²) in [5, 5.41) is 7.42. The average Bonchev–Trinajstić information content (AvgIpc) is 2.98. The molecule has 3 rings (SSSR count). The van der Waals surface area contributed by atoms with E-state index in [0.29, 0.717) is 25.3 Å². The maximum atomic E-state index is 14.2. The van der Waals surface area contributed by atoms with Gasteiger partial charge in [-0.2, -0.15) is 9.78 Å². The van der Waals surface area contributed by atoms with E-state index in [4.69, 9.17) is 4.74 Å². The van der Waals surface area contributed by atoms with E-state index in [-0.39, 0.29) is 11.7 Å². The number of benzene rings is 2. The second-order valence-corrected chi connectivity index (χ2v) is 6.55. The lowest BCUT2D eigenvalue weighted by Crippen LogP contribution is -2.22. The number of halogens is 1. The molecule has 5 nitrogen and oxygen atoms in total. The lowest BCUT2D eigenvalue weighted by molar-refractivity contribution is -0.120. The van der Waals surface area contributed by atoms with Crippen molar-refractivity contribution < 1.29 is 13.9 Å². The van der Waals surface area contributed by atoms with E-state index < -0.39 is 5.82 Å². The molecule has 0 unspecified atom stereocenters. The van der Waals surface area contributed by atoms with Gasteiger partial charge in [-0.25, -0.2) is 4.39 Å². The van der Waals surface area contributed by atoms with Crippen LogP contribution in [0.1, 0.15) is 30.2 Å². The number of carbonyl (C=O) groups is 1. The highest BCUT2D eigenvalue weighted by Gasteiger charge is 2.21. The van der Waals surface area contributed by atoms with Gasteiger partial charge in [0.15, 0.2) is 11.6 Å². The molecule has 28 heavy (non-hydrogen) atoms. The highest BCUT2D eigenvalue weighted by Crippen LogP contribution is 2.33. The van der Waals surface area contributed by atoms with E-state index in [1.54, 1.807) is 22.9 Å². The molecule has 0 aliphatic carbocycles. The smallest absolute Gasteiger partial charge is 0.226 e. The van der Waals surface area contributed by atoms with E-state index >= 15 is 0 Å². The maximum absolute atomic E-state index is 14.2. The van der Waals surface area contributed by atoms with Gasteiger partial charge in [-0.1, -0.05) is 30.3 Å². The molecular weight excluding hydrogens is 357 g/mol. The molecule has 0 radical (unpaired) electrons. The van der Waals surface area contributed by atoms with Crippen molar-refractivity contribution in [2.24, 2.45) is 0 Å². The minimum Gasteiger partial charge on any atom is -0.436 e. The Balaban J connectivity index is 2.05. The van der Waals surface area contributed by atoms with Gasteiger partial charge < -0.3 is 10.1 Å². The fourth-order valence-corrected chi connectivity index (χ4v) is 3.05. The number of hydrogen-bond donors (Lipinski definition) is 1. The van der Waals surface area contributed by atoms with E-state index in [9.17, 15) is 9.18 Å². The van der Waals surface area contributed by atoms with Crippen LogP contribution in [0.2, 0.25) is 0 Å². The van der Waals surface area contributed by atoms with Crippen LogP contribution < -0.4 is 10.1 Å². The van der Waals surface area contributed by atoms with Crippen molar-refractivity contribution in [3.05, 3.63) is 71.2 Å². The average molecular weight is 381 g/mol. The first-order chi connectivity index (χ1) is 13.5. The van der Waals surface area contributed by atoms with Crippen LogP contribution in [-0.2, 0) is 11.2 Å². The first-order valence-electron chi connectivity index (χ1n) is 9.34. The molecule has 0 aliphatic heterocycles. The molecule has 0 saturated heterocycles. The third kappa shape index (κ3) is 4.22. The number of rotatable bonds is 7. The van der Waals surface area contributed by atoms with Crippen molar-refractivity contribution in [2.45, 2.75) is 33.6 Å². The van der Waals surface area contributed by atoms with Gasteiger partial charge in [-0.3, -0.25) is 4.79 Å². The predicted molar refractivity (Wildman–Crippen MR) is 107 cm³/mol. The zero-order valence-corrected chi connectivity index (χ0v) is 16.3. The fraction of sp³-hybridized carbons (Fsp3) is 0.273. The number of aryl methyl sites for hydroxylation is 2. The second kappa shape index (κ2) is 8.69. The fourth-order valence-electron chi connectivity index (χ4n) is 3.05. The molecule has 0 saturated carbocycles. The van der Waals surface area contributed by atoms with Crippen molar-refractivity contribution in [2.75, 3.05) is 6.54 Å². The number of aromatic nitrogens is 2. The summed E-state index contributed by atoms with van der Waals surface area (Å²) in [5.41, 5.74) is 3.40. The Morgan fingerprint density at radius 2 is 1.86 bits per heavy atom. The number of hydrogen-bond acceptors (Lipinski definition) is 3. The highest BCUT2D eigenvalue weighted by molar-refractivity contribution is 5.76. The molecule has 0 fully saturated rings. The number of nitrogens with one attached hydrogen (secondary N) is 1. The van der Waals surface area contributed by atoms with Gasteiger partial charge in [0.25, 0.3) is 0 Å². The summed E-state index contributed by atoms with van der Waals surface area (Å²) in [6.07, 6.45) is 0.759. The first-order valence-corrected chi connectivity index (χ1v) is 9.34. The molecule has 146 valence electrons. The van der Waals surface area contributed by atoms with Crippen LogP contribution in [0.25, 0.3) is 5.69 Å². The Kier molecular flexibility index (Phi) is 6.09. The number of ether oxygens (including phenoxy) is 1. The van der Waals surface area contributed by atoms with Gasteiger partial charge in [0.1, 0.15) is 0 Å². The molecule has 0 atom stereocenters. The normalized spacial score (nSPS) is 10.7. The topological polar surface area (TPSA) is 56.2 Å². The summed E-state index contributed by atoms with van der Waals surface area (Å²) < 4.78 is 21.9. The Hall–Kier alpha value is -3.15. The molecular formula is C22H24FN3O2. The van der Waals surface area contributed by atoms with Gasteiger partial charge >= 0.3 is 0 Å². The van der Waals surface area contributed by atoms with Gasteiger partial charge in [0, 0.05) is 18.5 Å². The third-order valence-electron chi connectivity index (χ3n) is 4.50. The van der Waals surface area contributed by atoms with Crippen LogP contribution in [0.15, 0.2) is 48.5 Å². The summed E-state index contributed by atoms with van der Waals surface area (Å²) in [4.78, 5) is 11.9.